The Hall–Kier alpha value is -1.63. The first-order chi connectivity index (χ1) is 14.0. The molecule has 166 valence electrons. The SMILES string of the molecule is CN=C(NCCc1ccc(S(N)(=O)=O)cc1)NCC(c1ccco1)N1CCCC1.I. The van der Waals surface area contributed by atoms with Crippen LogP contribution < -0.4 is 15.8 Å². The average molecular weight is 547 g/mol. The Labute approximate surface area is 195 Å². The largest absolute Gasteiger partial charge is 0.468 e. The molecular weight excluding hydrogens is 517 g/mol. The summed E-state index contributed by atoms with van der Waals surface area (Å²) in [5.41, 5.74) is 1.02. The van der Waals surface area contributed by atoms with Crippen LogP contribution in [0.5, 0.6) is 0 Å². The van der Waals surface area contributed by atoms with E-state index in [-0.39, 0.29) is 34.9 Å². The second kappa shape index (κ2) is 11.7. The molecule has 1 aliphatic rings. The number of nitrogens with zero attached hydrogens (tertiary/aromatic N) is 2. The summed E-state index contributed by atoms with van der Waals surface area (Å²) in [5, 5.41) is 11.8. The molecule has 4 N–H and O–H groups in total. The highest BCUT2D eigenvalue weighted by Crippen LogP contribution is 2.24. The molecule has 1 unspecified atom stereocenters. The number of primary sulfonamides is 1. The maximum Gasteiger partial charge on any atom is 0.238 e. The molecule has 1 aromatic heterocycles. The lowest BCUT2D eigenvalue weighted by Crippen LogP contribution is -2.43. The highest BCUT2D eigenvalue weighted by Gasteiger charge is 2.25. The molecule has 30 heavy (non-hydrogen) atoms. The number of rotatable bonds is 8. The van der Waals surface area contributed by atoms with E-state index < -0.39 is 10.0 Å². The van der Waals surface area contributed by atoms with Gasteiger partial charge in [-0.2, -0.15) is 0 Å². The van der Waals surface area contributed by atoms with Crippen molar-refractivity contribution in [2.24, 2.45) is 10.1 Å². The standard InChI is InChI=1S/C20H29N5O3S.HI/c1-22-20(23-11-10-16-6-8-17(9-7-16)29(21,26)27)24-15-18(19-5-4-14-28-19)25-12-2-3-13-25;/h4-9,14,18H,2-3,10-13,15H2,1H3,(H2,21,26,27)(H2,22,23,24);1H. The van der Waals surface area contributed by atoms with Crippen LogP contribution in [0.2, 0.25) is 0 Å². The van der Waals surface area contributed by atoms with Gasteiger partial charge in [0.15, 0.2) is 5.96 Å². The molecule has 3 rings (SSSR count). The highest BCUT2D eigenvalue weighted by molar-refractivity contribution is 14.0. The summed E-state index contributed by atoms with van der Waals surface area (Å²) in [4.78, 5) is 6.85. The van der Waals surface area contributed by atoms with Crippen LogP contribution in [0.25, 0.3) is 0 Å². The first-order valence-electron chi connectivity index (χ1n) is 9.81. The lowest BCUT2D eigenvalue weighted by Gasteiger charge is -2.26. The minimum absolute atomic E-state index is 0. The van der Waals surface area contributed by atoms with E-state index in [2.05, 4.69) is 20.5 Å². The quantitative estimate of drug-likeness (QED) is 0.265. The van der Waals surface area contributed by atoms with E-state index in [0.717, 1.165) is 36.8 Å². The number of hydrogen-bond donors (Lipinski definition) is 3. The van der Waals surface area contributed by atoms with Gasteiger partial charge in [0, 0.05) is 20.1 Å². The number of sulfonamides is 1. The van der Waals surface area contributed by atoms with Gasteiger partial charge in [-0.15, -0.1) is 24.0 Å². The van der Waals surface area contributed by atoms with Gasteiger partial charge in [-0.05, 0) is 62.2 Å². The van der Waals surface area contributed by atoms with Crippen LogP contribution >= 0.6 is 24.0 Å². The fourth-order valence-corrected chi connectivity index (χ4v) is 4.04. The number of hydrogen-bond acceptors (Lipinski definition) is 5. The molecule has 2 heterocycles. The summed E-state index contributed by atoms with van der Waals surface area (Å²) in [6.07, 6.45) is 4.88. The molecule has 1 aliphatic heterocycles. The van der Waals surface area contributed by atoms with Crippen LogP contribution in [0.1, 0.15) is 30.2 Å². The molecule has 0 spiro atoms. The Bertz CT molecular complexity index is 895. The molecular formula is C20H30IN5O3S. The Balaban J connectivity index is 0.00000320. The second-order valence-electron chi connectivity index (χ2n) is 7.09. The molecule has 2 aromatic rings. The van der Waals surface area contributed by atoms with Crippen molar-refractivity contribution in [2.75, 3.05) is 33.2 Å². The molecule has 1 fully saturated rings. The van der Waals surface area contributed by atoms with Crippen LogP contribution in [-0.2, 0) is 16.4 Å². The maximum atomic E-state index is 11.3. The number of aliphatic imine (C=N–C) groups is 1. The van der Waals surface area contributed by atoms with E-state index in [9.17, 15) is 8.42 Å². The van der Waals surface area contributed by atoms with Gasteiger partial charge in [-0.3, -0.25) is 9.89 Å². The van der Waals surface area contributed by atoms with E-state index >= 15 is 0 Å². The first kappa shape index (κ1) is 24.6. The van der Waals surface area contributed by atoms with Crippen LogP contribution in [0.15, 0.2) is 57.0 Å². The van der Waals surface area contributed by atoms with Crippen molar-refractivity contribution in [3.63, 3.8) is 0 Å². The van der Waals surface area contributed by atoms with Crippen LogP contribution in [0, 0.1) is 0 Å². The van der Waals surface area contributed by atoms with Crippen molar-refractivity contribution in [3.05, 3.63) is 54.0 Å². The smallest absolute Gasteiger partial charge is 0.238 e. The van der Waals surface area contributed by atoms with Gasteiger partial charge in [0.2, 0.25) is 10.0 Å². The van der Waals surface area contributed by atoms with Gasteiger partial charge < -0.3 is 15.1 Å². The normalized spacial score (nSPS) is 16.1. The number of guanidine groups is 1. The van der Waals surface area contributed by atoms with E-state index in [4.69, 9.17) is 9.56 Å². The predicted octanol–water partition coefficient (Wildman–Crippen LogP) is 2.09. The summed E-state index contributed by atoms with van der Waals surface area (Å²) < 4.78 is 28.3. The number of likely N-dealkylation sites (tertiary alicyclic amines) is 1. The average Bonchev–Trinajstić information content (AvgIpc) is 3.41. The third-order valence-corrected chi connectivity index (χ3v) is 6.03. The molecule has 0 bridgehead atoms. The summed E-state index contributed by atoms with van der Waals surface area (Å²) in [6, 6.07) is 10.7. The van der Waals surface area contributed by atoms with Crippen molar-refractivity contribution < 1.29 is 12.8 Å². The van der Waals surface area contributed by atoms with Crippen molar-refractivity contribution in [3.8, 4) is 0 Å². The lowest BCUT2D eigenvalue weighted by molar-refractivity contribution is 0.215. The minimum Gasteiger partial charge on any atom is -0.468 e. The van der Waals surface area contributed by atoms with Gasteiger partial charge in [-0.1, -0.05) is 12.1 Å². The zero-order valence-corrected chi connectivity index (χ0v) is 20.2. The second-order valence-corrected chi connectivity index (χ2v) is 8.65. The number of benzene rings is 1. The van der Waals surface area contributed by atoms with Crippen LogP contribution in [0.3, 0.4) is 0 Å². The lowest BCUT2D eigenvalue weighted by atomic mass is 10.1. The first-order valence-corrected chi connectivity index (χ1v) is 11.4. The minimum atomic E-state index is -3.66. The van der Waals surface area contributed by atoms with Crippen molar-refractivity contribution in [1.82, 2.24) is 15.5 Å². The highest BCUT2D eigenvalue weighted by atomic mass is 127. The molecule has 1 saturated heterocycles. The van der Waals surface area contributed by atoms with Gasteiger partial charge in [0.25, 0.3) is 0 Å². The maximum absolute atomic E-state index is 11.3. The molecule has 10 heteroatoms. The van der Waals surface area contributed by atoms with Crippen molar-refractivity contribution in [2.45, 2.75) is 30.2 Å². The van der Waals surface area contributed by atoms with Crippen LogP contribution in [-0.4, -0.2) is 52.5 Å². The number of nitrogens with two attached hydrogens (primary N) is 1. The van der Waals surface area contributed by atoms with E-state index in [1.807, 2.05) is 12.1 Å². The van der Waals surface area contributed by atoms with Gasteiger partial charge >= 0.3 is 0 Å². The fraction of sp³-hybridized carbons (Fsp3) is 0.450. The van der Waals surface area contributed by atoms with E-state index in [0.29, 0.717) is 13.1 Å². The van der Waals surface area contributed by atoms with E-state index in [1.54, 1.807) is 25.4 Å². The number of halogens is 1. The molecule has 1 atom stereocenters. The molecule has 1 aromatic carbocycles. The monoisotopic (exact) mass is 547 g/mol. The van der Waals surface area contributed by atoms with Gasteiger partial charge in [0.1, 0.15) is 5.76 Å². The number of furan rings is 1. The summed E-state index contributed by atoms with van der Waals surface area (Å²) in [6.45, 7) is 3.53. The third-order valence-electron chi connectivity index (χ3n) is 5.10. The Morgan fingerprint density at radius 2 is 1.90 bits per heavy atom. The predicted molar refractivity (Wildman–Crippen MR) is 129 cm³/mol. The Morgan fingerprint density at radius 3 is 2.47 bits per heavy atom. The summed E-state index contributed by atoms with van der Waals surface area (Å²) in [7, 11) is -1.91. The molecule has 0 aliphatic carbocycles. The zero-order valence-electron chi connectivity index (χ0n) is 17.1. The third kappa shape index (κ3) is 6.96. The summed E-state index contributed by atoms with van der Waals surface area (Å²) >= 11 is 0. The summed E-state index contributed by atoms with van der Waals surface area (Å²) in [5.74, 6) is 1.69. The molecule has 0 amide bonds. The topological polar surface area (TPSA) is 113 Å². The Kier molecular flexibility index (Phi) is 9.59. The van der Waals surface area contributed by atoms with Crippen molar-refractivity contribution in [1.29, 1.82) is 0 Å². The molecule has 8 nitrogen and oxygen atoms in total. The number of nitrogens with one attached hydrogen (secondary N) is 2. The fourth-order valence-electron chi connectivity index (χ4n) is 3.53. The Morgan fingerprint density at radius 1 is 1.20 bits per heavy atom. The van der Waals surface area contributed by atoms with Gasteiger partial charge in [0.05, 0.1) is 17.2 Å². The van der Waals surface area contributed by atoms with E-state index in [1.165, 1.54) is 25.0 Å². The van der Waals surface area contributed by atoms with Crippen LogP contribution in [0.4, 0.5) is 0 Å². The van der Waals surface area contributed by atoms with Crippen molar-refractivity contribution >= 4 is 40.0 Å². The van der Waals surface area contributed by atoms with Gasteiger partial charge in [-0.25, -0.2) is 13.6 Å². The molecule has 0 radical (unpaired) electrons. The molecule has 0 saturated carbocycles. The zero-order chi connectivity index (χ0) is 20.7.